The fourth-order valence-electron chi connectivity index (χ4n) is 7.10. The highest BCUT2D eigenvalue weighted by molar-refractivity contribution is 5.76. The van der Waals surface area contributed by atoms with Gasteiger partial charge in [-0.25, -0.2) is 0 Å². The van der Waals surface area contributed by atoms with Crippen LogP contribution >= 0.6 is 0 Å². The first-order valence-electron chi connectivity index (χ1n) is 13.3. The van der Waals surface area contributed by atoms with Gasteiger partial charge in [0.15, 0.2) is 0 Å². The molecule has 0 bridgehead atoms. The number of hydrogen-bond acceptors (Lipinski definition) is 2. The molecule has 0 aliphatic heterocycles. The highest BCUT2D eigenvalue weighted by Crippen LogP contribution is 2.57. The van der Waals surface area contributed by atoms with Gasteiger partial charge < -0.3 is 4.90 Å². The van der Waals surface area contributed by atoms with Gasteiger partial charge in [-0.2, -0.15) is 5.26 Å². The van der Waals surface area contributed by atoms with Gasteiger partial charge in [0, 0.05) is 20.0 Å². The van der Waals surface area contributed by atoms with E-state index in [9.17, 15) is 4.79 Å². The summed E-state index contributed by atoms with van der Waals surface area (Å²) in [5, 5.41) is 8.99. The van der Waals surface area contributed by atoms with Gasteiger partial charge in [-0.1, -0.05) is 71.4 Å². The van der Waals surface area contributed by atoms with Crippen molar-refractivity contribution in [2.75, 3.05) is 13.6 Å². The van der Waals surface area contributed by atoms with Gasteiger partial charge >= 0.3 is 0 Å². The van der Waals surface area contributed by atoms with Crippen LogP contribution < -0.4 is 0 Å². The third kappa shape index (κ3) is 5.04. The Labute approximate surface area is 212 Å². The lowest BCUT2D eigenvalue weighted by Crippen LogP contribution is -2.53. The maximum atomic E-state index is 13.1. The van der Waals surface area contributed by atoms with E-state index in [1.807, 2.05) is 36.2 Å². The summed E-state index contributed by atoms with van der Waals surface area (Å²) in [6, 6.07) is 17.0. The number of rotatable bonds is 5. The Kier molecular flexibility index (Phi) is 6.89. The molecule has 3 unspecified atom stereocenters. The highest BCUT2D eigenvalue weighted by atomic mass is 16.2. The smallest absolute Gasteiger partial charge is 0.222 e. The maximum absolute atomic E-state index is 13.1. The lowest BCUT2D eigenvalue weighted by molar-refractivity contribution is -0.133. The zero-order valence-electron chi connectivity index (χ0n) is 22.6. The van der Waals surface area contributed by atoms with Crippen molar-refractivity contribution < 1.29 is 4.79 Å². The zero-order valence-corrected chi connectivity index (χ0v) is 22.6. The molecule has 0 saturated heterocycles. The van der Waals surface area contributed by atoms with E-state index in [2.05, 4.69) is 58.9 Å². The van der Waals surface area contributed by atoms with E-state index in [1.54, 1.807) is 11.1 Å². The Balaban J connectivity index is 1.47. The number of benzene rings is 2. The molecular weight excluding hydrogens is 428 g/mol. The number of fused-ring (bicyclic) bond motifs is 3. The summed E-state index contributed by atoms with van der Waals surface area (Å²) in [6.07, 6.45) is 7.24. The lowest BCUT2D eigenvalue weighted by atomic mass is 9.49. The van der Waals surface area contributed by atoms with E-state index >= 15 is 0 Å². The molecule has 4 rings (SSSR count). The van der Waals surface area contributed by atoms with Crippen molar-refractivity contribution in [3.63, 3.8) is 0 Å². The summed E-state index contributed by atoms with van der Waals surface area (Å²) in [5.41, 5.74) is 6.80. The molecule has 3 nitrogen and oxygen atoms in total. The molecule has 2 aliphatic carbocycles. The van der Waals surface area contributed by atoms with Crippen LogP contribution in [-0.4, -0.2) is 24.4 Å². The molecule has 186 valence electrons. The number of nitrogens with zero attached hydrogens (tertiary/aromatic N) is 2. The first-order chi connectivity index (χ1) is 16.5. The van der Waals surface area contributed by atoms with Crippen LogP contribution in [0.4, 0.5) is 0 Å². The predicted octanol–water partition coefficient (Wildman–Crippen LogP) is 6.96. The molecule has 3 atom stereocenters. The standard InChI is InChI=1S/C32H42N2O/c1-30(2,3)26-14-15-27-25(20-26)13-16-28-31(4,18-7-19-32(27,28)5)22-34(6)29(35)17-12-23-8-10-24(21-33)11-9-23/h8-11,14-15,20,28H,7,12-13,16-19,22H2,1-6H3. The summed E-state index contributed by atoms with van der Waals surface area (Å²) < 4.78 is 0. The SMILES string of the molecule is CN(CC1(C)CCCC2(C)c3ccc(C(C)(C)C)cc3CCC12)C(=O)CCc1ccc(C#N)cc1. The van der Waals surface area contributed by atoms with Crippen LogP contribution in [-0.2, 0) is 28.5 Å². The van der Waals surface area contributed by atoms with Gasteiger partial charge in [0.05, 0.1) is 11.6 Å². The zero-order chi connectivity index (χ0) is 25.4. The molecule has 1 amide bonds. The van der Waals surface area contributed by atoms with Gasteiger partial charge in [-0.3, -0.25) is 4.79 Å². The van der Waals surface area contributed by atoms with Crippen LogP contribution in [0.2, 0.25) is 0 Å². The largest absolute Gasteiger partial charge is 0.345 e. The number of amides is 1. The Morgan fingerprint density at radius 2 is 1.83 bits per heavy atom. The van der Waals surface area contributed by atoms with E-state index in [0.29, 0.717) is 17.9 Å². The Hall–Kier alpha value is -2.60. The second-order valence-corrected chi connectivity index (χ2v) is 12.7. The van der Waals surface area contributed by atoms with E-state index in [4.69, 9.17) is 5.26 Å². The molecule has 3 heteroatoms. The minimum Gasteiger partial charge on any atom is -0.345 e. The molecule has 2 aromatic carbocycles. The van der Waals surface area contributed by atoms with E-state index in [0.717, 1.165) is 24.9 Å². The second-order valence-electron chi connectivity index (χ2n) is 12.7. The van der Waals surface area contributed by atoms with Crippen LogP contribution in [0.15, 0.2) is 42.5 Å². The van der Waals surface area contributed by atoms with Crippen LogP contribution in [0.5, 0.6) is 0 Å². The van der Waals surface area contributed by atoms with E-state index in [-0.39, 0.29) is 22.2 Å². The topological polar surface area (TPSA) is 44.1 Å². The van der Waals surface area contributed by atoms with Crippen LogP contribution in [0, 0.1) is 22.7 Å². The van der Waals surface area contributed by atoms with Crippen LogP contribution in [0.1, 0.15) is 94.5 Å². The number of carbonyl (C=O) groups excluding carboxylic acids is 1. The van der Waals surface area contributed by atoms with Crippen molar-refractivity contribution in [2.24, 2.45) is 11.3 Å². The third-order valence-electron chi connectivity index (χ3n) is 9.08. The van der Waals surface area contributed by atoms with Crippen LogP contribution in [0.25, 0.3) is 0 Å². The fourth-order valence-corrected chi connectivity index (χ4v) is 7.10. The Bertz CT molecular complexity index is 1120. The number of nitriles is 1. The first-order valence-corrected chi connectivity index (χ1v) is 13.3. The molecule has 1 fully saturated rings. The molecule has 0 radical (unpaired) electrons. The Morgan fingerprint density at radius 3 is 2.49 bits per heavy atom. The fraction of sp³-hybridized carbons (Fsp3) is 0.562. The average Bonchev–Trinajstić information content (AvgIpc) is 2.81. The van der Waals surface area contributed by atoms with Gasteiger partial charge in [0.1, 0.15) is 0 Å². The number of hydrogen-bond donors (Lipinski definition) is 0. The van der Waals surface area contributed by atoms with Crippen LogP contribution in [0.3, 0.4) is 0 Å². The molecule has 0 spiro atoms. The van der Waals surface area contributed by atoms with Gasteiger partial charge in [-0.15, -0.1) is 0 Å². The monoisotopic (exact) mass is 470 g/mol. The average molecular weight is 471 g/mol. The quantitative estimate of drug-likeness (QED) is 0.474. The van der Waals surface area contributed by atoms with Gasteiger partial charge in [0.2, 0.25) is 5.91 Å². The van der Waals surface area contributed by atoms with Crippen molar-refractivity contribution in [1.29, 1.82) is 5.26 Å². The van der Waals surface area contributed by atoms with Crippen molar-refractivity contribution in [3.05, 3.63) is 70.3 Å². The second kappa shape index (κ2) is 9.45. The molecule has 2 aromatic rings. The molecule has 1 saturated carbocycles. The predicted molar refractivity (Wildman–Crippen MR) is 143 cm³/mol. The summed E-state index contributed by atoms with van der Waals surface area (Å²) in [5.74, 6) is 0.805. The minimum absolute atomic E-state index is 0.131. The summed E-state index contributed by atoms with van der Waals surface area (Å²) in [6.45, 7) is 12.7. The molecule has 0 N–H and O–H groups in total. The molecule has 0 heterocycles. The molecule has 2 aliphatic rings. The highest BCUT2D eigenvalue weighted by Gasteiger charge is 2.52. The van der Waals surface area contributed by atoms with Crippen molar-refractivity contribution in [1.82, 2.24) is 4.90 Å². The maximum Gasteiger partial charge on any atom is 0.222 e. The van der Waals surface area contributed by atoms with Gasteiger partial charge in [-0.05, 0) is 88.7 Å². The summed E-state index contributed by atoms with van der Waals surface area (Å²) >= 11 is 0. The number of aryl methyl sites for hydroxylation is 2. The molecule has 35 heavy (non-hydrogen) atoms. The van der Waals surface area contributed by atoms with Gasteiger partial charge in [0.25, 0.3) is 0 Å². The summed E-state index contributed by atoms with van der Waals surface area (Å²) in [4.78, 5) is 15.1. The van der Waals surface area contributed by atoms with Crippen molar-refractivity contribution in [2.45, 2.75) is 90.4 Å². The van der Waals surface area contributed by atoms with Crippen molar-refractivity contribution in [3.8, 4) is 6.07 Å². The van der Waals surface area contributed by atoms with E-state index in [1.165, 1.54) is 31.2 Å². The van der Waals surface area contributed by atoms with Crippen molar-refractivity contribution >= 4 is 5.91 Å². The normalized spacial score (nSPS) is 25.8. The number of carbonyl (C=O) groups is 1. The molecular formula is C32H42N2O. The minimum atomic E-state index is 0.131. The third-order valence-corrected chi connectivity index (χ3v) is 9.08. The summed E-state index contributed by atoms with van der Waals surface area (Å²) in [7, 11) is 1.99. The van der Waals surface area contributed by atoms with E-state index < -0.39 is 0 Å². The first kappa shape index (κ1) is 25.5. The Morgan fingerprint density at radius 1 is 1.11 bits per heavy atom. The molecule has 0 aromatic heterocycles. The lowest BCUT2D eigenvalue weighted by Gasteiger charge is -2.56.